The zero-order chi connectivity index (χ0) is 21.2. The largest absolute Gasteiger partial charge is 0.444 e. The molecule has 3 aromatic rings. The molecule has 152 valence electrons. The number of halogens is 3. The minimum Gasteiger partial charge on any atom is -0.444 e. The molecule has 0 aliphatic carbocycles. The molecule has 1 atom stereocenters. The fourth-order valence-corrected chi connectivity index (χ4v) is 3.40. The molecule has 0 aliphatic rings. The van der Waals surface area contributed by atoms with Crippen LogP contribution in [-0.2, 0) is 11.2 Å². The third-order valence-corrected chi connectivity index (χ3v) is 4.52. The van der Waals surface area contributed by atoms with Gasteiger partial charge in [0.15, 0.2) is 0 Å². The van der Waals surface area contributed by atoms with Crippen LogP contribution in [-0.4, -0.2) is 21.7 Å². The Kier molecular flexibility index (Phi) is 6.12. The molecular formula is C21H20BrF2N3O2. The van der Waals surface area contributed by atoms with E-state index in [-0.39, 0.29) is 6.42 Å². The van der Waals surface area contributed by atoms with Gasteiger partial charge >= 0.3 is 6.09 Å². The lowest BCUT2D eigenvalue weighted by Gasteiger charge is -2.24. The molecule has 0 bridgehead atoms. The summed E-state index contributed by atoms with van der Waals surface area (Å²) in [4.78, 5) is 21.5. The highest BCUT2D eigenvalue weighted by atomic mass is 79.9. The number of benzene rings is 2. The lowest BCUT2D eigenvalue weighted by Crippen LogP contribution is -2.36. The van der Waals surface area contributed by atoms with Crippen LogP contribution in [0.5, 0.6) is 0 Å². The van der Waals surface area contributed by atoms with Crippen LogP contribution in [0.2, 0.25) is 0 Å². The molecule has 0 saturated heterocycles. The number of hydrogen-bond donors (Lipinski definition) is 1. The number of carbonyl (C=O) groups is 1. The van der Waals surface area contributed by atoms with E-state index in [9.17, 15) is 13.6 Å². The molecule has 0 radical (unpaired) electrons. The van der Waals surface area contributed by atoms with Crippen molar-refractivity contribution in [2.75, 3.05) is 0 Å². The van der Waals surface area contributed by atoms with Crippen LogP contribution in [0.25, 0.3) is 11.0 Å². The highest BCUT2D eigenvalue weighted by Crippen LogP contribution is 2.27. The summed E-state index contributed by atoms with van der Waals surface area (Å²) in [7, 11) is 0. The van der Waals surface area contributed by atoms with Crippen molar-refractivity contribution in [3.63, 3.8) is 0 Å². The fraction of sp³-hybridized carbons (Fsp3) is 0.286. The number of amides is 1. The van der Waals surface area contributed by atoms with E-state index in [1.54, 1.807) is 26.8 Å². The first-order chi connectivity index (χ1) is 13.6. The average Bonchev–Trinajstić information content (AvgIpc) is 2.58. The summed E-state index contributed by atoms with van der Waals surface area (Å²) in [5, 5.41) is 2.74. The van der Waals surface area contributed by atoms with Gasteiger partial charge in [-0.1, -0.05) is 12.1 Å². The normalized spacial score (nSPS) is 12.6. The number of rotatable bonds is 4. The van der Waals surface area contributed by atoms with Crippen LogP contribution in [0.1, 0.15) is 38.1 Å². The number of alkyl carbamates (subject to hydrolysis) is 1. The minimum atomic E-state index is -0.725. The molecule has 1 N–H and O–H groups in total. The number of nitrogens with zero attached hydrogens (tertiary/aromatic N) is 2. The molecule has 0 saturated carbocycles. The van der Waals surface area contributed by atoms with Gasteiger partial charge in [0.2, 0.25) is 0 Å². The number of nitrogens with one attached hydrogen (secondary N) is 1. The van der Waals surface area contributed by atoms with E-state index in [1.807, 2.05) is 18.2 Å². The van der Waals surface area contributed by atoms with Gasteiger partial charge in [-0.05, 0) is 73.0 Å². The molecule has 1 heterocycles. The van der Waals surface area contributed by atoms with Crippen LogP contribution in [0.4, 0.5) is 13.6 Å². The Hall–Kier alpha value is -2.61. The molecule has 1 unspecified atom stereocenters. The van der Waals surface area contributed by atoms with Gasteiger partial charge < -0.3 is 10.1 Å². The first kappa shape index (κ1) is 21.1. The maximum Gasteiger partial charge on any atom is 0.408 e. The summed E-state index contributed by atoms with van der Waals surface area (Å²) in [6, 6.07) is 9.79. The molecule has 2 aromatic carbocycles. The lowest BCUT2D eigenvalue weighted by molar-refractivity contribution is 0.0502. The summed E-state index contributed by atoms with van der Waals surface area (Å²) >= 11 is 3.40. The molecule has 3 rings (SSSR count). The van der Waals surface area contributed by atoms with Crippen molar-refractivity contribution in [3.05, 3.63) is 70.0 Å². The van der Waals surface area contributed by atoms with Gasteiger partial charge in [-0.3, -0.25) is 0 Å². The number of carbonyl (C=O) groups excluding carboxylic acids is 1. The molecular weight excluding hydrogens is 444 g/mol. The Morgan fingerprint density at radius 1 is 1.10 bits per heavy atom. The third kappa shape index (κ3) is 5.69. The van der Waals surface area contributed by atoms with E-state index in [1.165, 1.54) is 12.1 Å². The second-order valence-corrected chi connectivity index (χ2v) is 8.32. The smallest absolute Gasteiger partial charge is 0.408 e. The molecule has 1 aromatic heterocycles. The maximum absolute atomic E-state index is 13.7. The van der Waals surface area contributed by atoms with E-state index in [4.69, 9.17) is 4.74 Å². The number of para-hydroxylation sites is 2. The third-order valence-electron chi connectivity index (χ3n) is 3.94. The Bertz CT molecular complexity index is 1030. The van der Waals surface area contributed by atoms with Crippen LogP contribution in [0.3, 0.4) is 0 Å². The number of fused-ring (bicyclic) bond motifs is 1. The van der Waals surface area contributed by atoms with Crippen molar-refractivity contribution in [2.45, 2.75) is 38.8 Å². The van der Waals surface area contributed by atoms with E-state index in [0.29, 0.717) is 26.9 Å². The molecule has 29 heavy (non-hydrogen) atoms. The van der Waals surface area contributed by atoms with Crippen molar-refractivity contribution in [1.29, 1.82) is 0 Å². The molecule has 0 fully saturated rings. The van der Waals surface area contributed by atoms with Crippen molar-refractivity contribution < 1.29 is 18.3 Å². The first-order valence-electron chi connectivity index (χ1n) is 8.97. The quantitative estimate of drug-likeness (QED) is 0.556. The number of aromatic nitrogens is 2. The summed E-state index contributed by atoms with van der Waals surface area (Å²) in [5.74, 6) is -1.39. The van der Waals surface area contributed by atoms with Crippen LogP contribution in [0, 0.1) is 11.6 Å². The zero-order valence-corrected chi connectivity index (χ0v) is 17.8. The van der Waals surface area contributed by atoms with Crippen molar-refractivity contribution in [3.8, 4) is 0 Å². The molecule has 1 amide bonds. The van der Waals surface area contributed by atoms with E-state index < -0.39 is 29.4 Å². The number of ether oxygens (including phenoxy) is 1. The minimum absolute atomic E-state index is 0.0968. The van der Waals surface area contributed by atoms with E-state index in [0.717, 1.165) is 6.07 Å². The molecule has 0 spiro atoms. The summed E-state index contributed by atoms with van der Waals surface area (Å²) < 4.78 is 33.1. The molecule has 0 aliphatic heterocycles. The van der Waals surface area contributed by atoms with Gasteiger partial charge in [0.1, 0.15) is 21.8 Å². The fourth-order valence-electron chi connectivity index (χ4n) is 2.84. The highest BCUT2D eigenvalue weighted by molar-refractivity contribution is 9.10. The highest BCUT2D eigenvalue weighted by Gasteiger charge is 2.24. The van der Waals surface area contributed by atoms with Crippen molar-refractivity contribution in [2.24, 2.45) is 0 Å². The van der Waals surface area contributed by atoms with Crippen LogP contribution in [0.15, 0.2) is 47.1 Å². The maximum atomic E-state index is 13.7. The summed E-state index contributed by atoms with van der Waals surface area (Å²) in [6.45, 7) is 5.24. The van der Waals surface area contributed by atoms with Crippen LogP contribution < -0.4 is 5.32 Å². The Balaban J connectivity index is 2.00. The Morgan fingerprint density at radius 2 is 1.69 bits per heavy atom. The van der Waals surface area contributed by atoms with Gasteiger partial charge in [-0.2, -0.15) is 0 Å². The van der Waals surface area contributed by atoms with Gasteiger partial charge in [-0.15, -0.1) is 0 Å². The lowest BCUT2D eigenvalue weighted by atomic mass is 10.0. The monoisotopic (exact) mass is 463 g/mol. The molecule has 8 heteroatoms. The SMILES string of the molecule is CC(C)(C)OC(=O)NC(Cc1cc(F)cc(F)c1)c1nc2ccccc2nc1Br. The second kappa shape index (κ2) is 8.41. The summed E-state index contributed by atoms with van der Waals surface area (Å²) in [6.07, 6.45) is -0.569. The van der Waals surface area contributed by atoms with Gasteiger partial charge in [0.25, 0.3) is 0 Å². The van der Waals surface area contributed by atoms with Crippen LogP contribution >= 0.6 is 15.9 Å². The predicted molar refractivity (Wildman–Crippen MR) is 109 cm³/mol. The Labute approximate surface area is 175 Å². The number of hydrogen-bond acceptors (Lipinski definition) is 4. The standard InChI is InChI=1S/C21H20BrF2N3O2/c1-21(2,3)29-20(28)27-17(10-12-8-13(23)11-14(24)9-12)18-19(22)26-16-7-5-4-6-15(16)25-18/h4-9,11,17H,10H2,1-3H3,(H,27,28). The van der Waals surface area contributed by atoms with Gasteiger partial charge in [0.05, 0.1) is 22.8 Å². The van der Waals surface area contributed by atoms with E-state index in [2.05, 4.69) is 31.2 Å². The van der Waals surface area contributed by atoms with Crippen molar-refractivity contribution in [1.82, 2.24) is 15.3 Å². The summed E-state index contributed by atoms with van der Waals surface area (Å²) in [5.41, 5.74) is 1.40. The van der Waals surface area contributed by atoms with Gasteiger partial charge in [0, 0.05) is 6.07 Å². The van der Waals surface area contributed by atoms with Gasteiger partial charge in [-0.25, -0.2) is 23.5 Å². The van der Waals surface area contributed by atoms with Crippen molar-refractivity contribution >= 4 is 33.1 Å². The zero-order valence-electron chi connectivity index (χ0n) is 16.2. The first-order valence-corrected chi connectivity index (χ1v) is 9.77. The van der Waals surface area contributed by atoms with E-state index >= 15 is 0 Å². The predicted octanol–water partition coefficient (Wildman–Crippen LogP) is 5.48. The Morgan fingerprint density at radius 3 is 2.28 bits per heavy atom. The second-order valence-electron chi connectivity index (χ2n) is 7.57. The topological polar surface area (TPSA) is 64.1 Å². The molecule has 5 nitrogen and oxygen atoms in total. The average molecular weight is 464 g/mol.